The van der Waals surface area contributed by atoms with Crippen LogP contribution in [0.15, 0.2) is 48.8 Å². The molecule has 1 aromatic carbocycles. The monoisotopic (exact) mass is 531 g/mol. The Hall–Kier alpha value is -2.42. The van der Waals surface area contributed by atoms with Gasteiger partial charge in [0, 0.05) is 28.6 Å². The number of hydrogen-bond donors (Lipinski definition) is 2. The number of aromatic nitrogens is 2. The Labute approximate surface area is 221 Å². The van der Waals surface area contributed by atoms with E-state index in [4.69, 9.17) is 16.3 Å². The van der Waals surface area contributed by atoms with Crippen LogP contribution in [0.25, 0.3) is 10.9 Å². The largest absolute Gasteiger partial charge is 0.497 e. The van der Waals surface area contributed by atoms with Gasteiger partial charge in [-0.2, -0.15) is 12.6 Å². The van der Waals surface area contributed by atoms with E-state index in [9.17, 15) is 9.90 Å². The number of rotatable bonds is 10. The molecule has 6 nitrogen and oxygen atoms in total. The van der Waals surface area contributed by atoms with Gasteiger partial charge in [0.2, 0.25) is 0 Å². The van der Waals surface area contributed by atoms with Gasteiger partial charge < -0.3 is 14.7 Å². The molecule has 1 saturated heterocycles. The minimum Gasteiger partial charge on any atom is -0.497 e. The predicted octanol–water partition coefficient (Wildman–Crippen LogP) is 6.31. The highest BCUT2D eigenvalue weighted by Gasteiger charge is 2.41. The second-order valence-electron chi connectivity index (χ2n) is 9.40. The van der Waals surface area contributed by atoms with Crippen molar-refractivity contribution in [1.82, 2.24) is 14.9 Å². The van der Waals surface area contributed by atoms with Crippen molar-refractivity contribution in [2.75, 3.05) is 26.7 Å². The van der Waals surface area contributed by atoms with E-state index in [1.807, 2.05) is 18.2 Å². The number of benzene rings is 1. The molecule has 0 spiro atoms. The molecular weight excluding hydrogens is 501 g/mol. The topological polar surface area (TPSA) is 75.6 Å². The van der Waals surface area contributed by atoms with Crippen LogP contribution in [-0.2, 0) is 4.79 Å². The smallest absolute Gasteiger partial charge is 0.309 e. The van der Waals surface area contributed by atoms with Crippen LogP contribution in [0.3, 0.4) is 0 Å². The number of carboxylic acids is 1. The van der Waals surface area contributed by atoms with Crippen LogP contribution in [-0.4, -0.2) is 52.7 Å². The maximum absolute atomic E-state index is 15.6. The molecule has 4 rings (SSSR count). The van der Waals surface area contributed by atoms with Crippen LogP contribution in [0, 0.1) is 5.41 Å². The van der Waals surface area contributed by atoms with Gasteiger partial charge in [0.25, 0.3) is 0 Å². The number of fused-ring (bicyclic) bond motifs is 1. The lowest BCUT2D eigenvalue weighted by molar-refractivity contribution is -0.153. The molecule has 2 aromatic heterocycles. The minimum atomic E-state index is -1.41. The standard InChI is InChI=1S/C27H31ClFN3O3S/c1-35-18-5-6-22-19(16-18)25(20(28)17-31-22)21(29)7-9-27(26(33)34)10-14-32(15-11-27)13-8-24(36)23-4-2-3-12-30-23/h2-6,12,16-17,21,24,36H,7-11,13-15H2,1H3,(H,33,34)/t21-,24?/m0/s1. The Morgan fingerprint density at radius 1 is 1.25 bits per heavy atom. The molecule has 0 amide bonds. The fraction of sp³-hybridized carbons (Fsp3) is 0.444. The third-order valence-corrected chi connectivity index (χ3v) is 8.10. The summed E-state index contributed by atoms with van der Waals surface area (Å²) in [6.07, 6.45) is 3.89. The van der Waals surface area contributed by atoms with Gasteiger partial charge in [0.1, 0.15) is 11.9 Å². The summed E-state index contributed by atoms with van der Waals surface area (Å²) in [6.45, 7) is 2.12. The zero-order valence-electron chi connectivity index (χ0n) is 20.2. The molecule has 0 aliphatic carbocycles. The summed E-state index contributed by atoms with van der Waals surface area (Å²) >= 11 is 11.0. The quantitative estimate of drug-likeness (QED) is 0.299. The number of hydrogen-bond acceptors (Lipinski definition) is 6. The van der Waals surface area contributed by atoms with Gasteiger partial charge in [0.15, 0.2) is 0 Å². The van der Waals surface area contributed by atoms with Crippen molar-refractivity contribution in [3.05, 3.63) is 65.1 Å². The van der Waals surface area contributed by atoms with Gasteiger partial charge in [-0.05, 0) is 82.1 Å². The van der Waals surface area contributed by atoms with Crippen LogP contribution in [0.4, 0.5) is 4.39 Å². The number of aliphatic carboxylic acids is 1. The first-order valence-electron chi connectivity index (χ1n) is 12.1. The first-order valence-corrected chi connectivity index (χ1v) is 13.0. The average molecular weight is 532 g/mol. The molecule has 1 N–H and O–H groups in total. The van der Waals surface area contributed by atoms with Crippen LogP contribution in [0.2, 0.25) is 5.02 Å². The van der Waals surface area contributed by atoms with Crippen molar-refractivity contribution in [2.24, 2.45) is 5.41 Å². The Bertz CT molecular complexity index is 1190. The summed E-state index contributed by atoms with van der Waals surface area (Å²) in [5.41, 5.74) is 0.946. The van der Waals surface area contributed by atoms with Crippen molar-refractivity contribution in [3.63, 3.8) is 0 Å². The molecule has 0 saturated carbocycles. The van der Waals surface area contributed by atoms with Crippen LogP contribution < -0.4 is 4.74 Å². The zero-order valence-corrected chi connectivity index (χ0v) is 21.9. The molecule has 9 heteroatoms. The molecule has 2 atom stereocenters. The van der Waals surface area contributed by atoms with Gasteiger partial charge in [-0.3, -0.25) is 14.8 Å². The van der Waals surface area contributed by atoms with Crippen LogP contribution in [0.5, 0.6) is 5.75 Å². The number of likely N-dealkylation sites (tertiary alicyclic amines) is 1. The molecule has 1 fully saturated rings. The Balaban J connectivity index is 1.39. The van der Waals surface area contributed by atoms with Gasteiger partial charge >= 0.3 is 5.97 Å². The molecular formula is C27H31ClFN3O3S. The number of alkyl halides is 1. The van der Waals surface area contributed by atoms with E-state index in [0.29, 0.717) is 48.1 Å². The van der Waals surface area contributed by atoms with E-state index < -0.39 is 17.6 Å². The van der Waals surface area contributed by atoms with Crippen molar-refractivity contribution in [2.45, 2.75) is 43.5 Å². The maximum Gasteiger partial charge on any atom is 0.309 e. The number of pyridine rings is 2. The van der Waals surface area contributed by atoms with E-state index in [1.54, 1.807) is 31.5 Å². The molecule has 1 aliphatic heterocycles. The number of nitrogens with zero attached hydrogens (tertiary/aromatic N) is 3. The minimum absolute atomic E-state index is 0.0308. The predicted molar refractivity (Wildman–Crippen MR) is 143 cm³/mol. The Morgan fingerprint density at radius 2 is 2.03 bits per heavy atom. The molecule has 0 bridgehead atoms. The fourth-order valence-electron chi connectivity index (χ4n) is 4.96. The Kier molecular flexibility index (Phi) is 8.70. The highest BCUT2D eigenvalue weighted by atomic mass is 35.5. The molecule has 192 valence electrons. The highest BCUT2D eigenvalue weighted by Crippen LogP contribution is 2.42. The fourth-order valence-corrected chi connectivity index (χ4v) is 5.50. The van der Waals surface area contributed by atoms with Crippen molar-refractivity contribution in [3.8, 4) is 5.75 Å². The van der Waals surface area contributed by atoms with Crippen molar-refractivity contribution < 1.29 is 19.0 Å². The lowest BCUT2D eigenvalue weighted by Crippen LogP contribution is -2.44. The number of carbonyl (C=O) groups is 1. The summed E-state index contributed by atoms with van der Waals surface area (Å²) in [7, 11) is 1.55. The van der Waals surface area contributed by atoms with Crippen LogP contribution >= 0.6 is 24.2 Å². The third kappa shape index (κ3) is 5.93. The van der Waals surface area contributed by atoms with Crippen LogP contribution in [0.1, 0.15) is 54.8 Å². The summed E-state index contributed by atoms with van der Waals surface area (Å²) in [5.74, 6) is -0.275. The number of methoxy groups -OCH3 is 1. The van der Waals surface area contributed by atoms with Crippen molar-refractivity contribution >= 4 is 41.1 Å². The van der Waals surface area contributed by atoms with Gasteiger partial charge in [0.05, 0.1) is 28.8 Å². The number of ether oxygens (including phenoxy) is 1. The van der Waals surface area contributed by atoms with Crippen molar-refractivity contribution in [1.29, 1.82) is 0 Å². The lowest BCUT2D eigenvalue weighted by atomic mass is 9.74. The number of carboxylic acid groups (broad SMARTS) is 1. The summed E-state index contributed by atoms with van der Waals surface area (Å²) in [6, 6.07) is 11.0. The number of thiol groups is 1. The lowest BCUT2D eigenvalue weighted by Gasteiger charge is -2.39. The third-order valence-electron chi connectivity index (χ3n) is 7.27. The molecule has 3 aromatic rings. The van der Waals surface area contributed by atoms with E-state index in [0.717, 1.165) is 18.7 Å². The second kappa shape index (κ2) is 11.8. The maximum atomic E-state index is 15.6. The summed E-state index contributed by atoms with van der Waals surface area (Å²) < 4.78 is 20.9. The van der Waals surface area contributed by atoms with E-state index in [-0.39, 0.29) is 23.1 Å². The van der Waals surface area contributed by atoms with E-state index >= 15 is 4.39 Å². The molecule has 3 heterocycles. The number of halogens is 2. The van der Waals surface area contributed by atoms with Gasteiger partial charge in [-0.15, -0.1) is 0 Å². The first-order chi connectivity index (χ1) is 17.3. The zero-order chi connectivity index (χ0) is 25.7. The first kappa shape index (κ1) is 26.6. The van der Waals surface area contributed by atoms with Gasteiger partial charge in [-0.25, -0.2) is 4.39 Å². The van der Waals surface area contributed by atoms with Gasteiger partial charge in [-0.1, -0.05) is 17.7 Å². The summed E-state index contributed by atoms with van der Waals surface area (Å²) in [4.78, 5) is 23.2. The highest BCUT2D eigenvalue weighted by molar-refractivity contribution is 7.80. The molecule has 1 aliphatic rings. The Morgan fingerprint density at radius 3 is 2.69 bits per heavy atom. The molecule has 1 unspecified atom stereocenters. The SMILES string of the molecule is COc1ccc2ncc(Cl)c([C@@H](F)CCC3(C(=O)O)CCN(CCC(S)c4ccccn4)CC3)c2c1. The second-order valence-corrected chi connectivity index (χ2v) is 10.4. The summed E-state index contributed by atoms with van der Waals surface area (Å²) in [5, 5.41) is 11.0. The normalized spacial score (nSPS) is 17.6. The van der Waals surface area contributed by atoms with E-state index in [2.05, 4.69) is 27.5 Å². The average Bonchev–Trinajstić information content (AvgIpc) is 2.91. The molecule has 0 radical (unpaired) electrons. The van der Waals surface area contributed by atoms with E-state index in [1.165, 1.54) is 6.20 Å². The number of piperidine rings is 1. The molecule has 36 heavy (non-hydrogen) atoms.